The van der Waals surface area contributed by atoms with Crippen LogP contribution in [0.15, 0.2) is 70.3 Å². The van der Waals surface area contributed by atoms with Gasteiger partial charge in [0, 0.05) is 18.5 Å². The van der Waals surface area contributed by atoms with Gasteiger partial charge in [-0.2, -0.15) is 0 Å². The summed E-state index contributed by atoms with van der Waals surface area (Å²) < 4.78 is 11.5. The summed E-state index contributed by atoms with van der Waals surface area (Å²) in [7, 11) is 0. The number of amides is 1. The number of ether oxygens (including phenoxy) is 1. The van der Waals surface area contributed by atoms with Crippen LogP contribution in [0.4, 0.5) is 0 Å². The van der Waals surface area contributed by atoms with Crippen LogP contribution < -0.4 is 4.74 Å². The molecule has 0 saturated carbocycles. The van der Waals surface area contributed by atoms with Crippen LogP contribution in [-0.2, 0) is 4.79 Å². The number of fused-ring (bicyclic) bond motifs is 1. The minimum absolute atomic E-state index is 0.0378. The van der Waals surface area contributed by atoms with Crippen molar-refractivity contribution in [1.82, 2.24) is 9.80 Å². The maximum Gasteiger partial charge on any atom is 0.290 e. The predicted octanol–water partition coefficient (Wildman–Crippen LogP) is 5.14. The summed E-state index contributed by atoms with van der Waals surface area (Å²) in [5.41, 5.74) is 1.34. The van der Waals surface area contributed by atoms with Gasteiger partial charge in [0.25, 0.3) is 5.91 Å². The van der Waals surface area contributed by atoms with Crippen LogP contribution in [0, 0.1) is 0 Å². The monoisotopic (exact) mass is 476 g/mol. The number of nitrogens with zero attached hydrogens (tertiary/aromatic N) is 2. The van der Waals surface area contributed by atoms with Crippen molar-refractivity contribution in [3.05, 3.63) is 77.3 Å². The fraction of sp³-hybridized carbons (Fsp3) is 0.357. The van der Waals surface area contributed by atoms with E-state index >= 15 is 0 Å². The number of furan rings is 1. The SMILES string of the molecule is CCCOc1ccc(C2C(C(=O)c3cc4ccccc4o3)=C(O)C(=O)N2CCN(CC)CC)cc1. The van der Waals surface area contributed by atoms with E-state index in [4.69, 9.17) is 9.15 Å². The number of hydrogen-bond acceptors (Lipinski definition) is 6. The first-order chi connectivity index (χ1) is 17.0. The van der Waals surface area contributed by atoms with E-state index in [1.165, 1.54) is 0 Å². The van der Waals surface area contributed by atoms with E-state index in [1.807, 2.05) is 49.4 Å². The molecule has 0 radical (unpaired) electrons. The molecule has 35 heavy (non-hydrogen) atoms. The van der Waals surface area contributed by atoms with Gasteiger partial charge in [-0.1, -0.05) is 51.1 Å². The van der Waals surface area contributed by atoms with Gasteiger partial charge in [-0.25, -0.2) is 0 Å². The first-order valence-corrected chi connectivity index (χ1v) is 12.2. The van der Waals surface area contributed by atoms with Gasteiger partial charge in [-0.05, 0) is 49.3 Å². The summed E-state index contributed by atoms with van der Waals surface area (Å²) in [6.07, 6.45) is 0.894. The van der Waals surface area contributed by atoms with Crippen molar-refractivity contribution in [1.29, 1.82) is 0 Å². The summed E-state index contributed by atoms with van der Waals surface area (Å²) in [5, 5.41) is 11.7. The second-order valence-electron chi connectivity index (χ2n) is 8.59. The van der Waals surface area contributed by atoms with Crippen LogP contribution in [0.5, 0.6) is 5.75 Å². The molecule has 3 aromatic rings. The molecule has 1 atom stereocenters. The average Bonchev–Trinajstić information content (AvgIpc) is 3.43. The third-order valence-electron chi connectivity index (χ3n) is 6.42. The van der Waals surface area contributed by atoms with Gasteiger partial charge in [-0.3, -0.25) is 9.59 Å². The molecule has 1 amide bonds. The van der Waals surface area contributed by atoms with E-state index in [9.17, 15) is 14.7 Å². The molecule has 4 rings (SSSR count). The number of para-hydroxylation sites is 1. The lowest BCUT2D eigenvalue weighted by Crippen LogP contribution is -2.38. The van der Waals surface area contributed by atoms with E-state index in [1.54, 1.807) is 17.0 Å². The quantitative estimate of drug-likeness (QED) is 0.386. The van der Waals surface area contributed by atoms with Crippen LogP contribution in [0.2, 0.25) is 0 Å². The van der Waals surface area contributed by atoms with Crippen LogP contribution in [0.3, 0.4) is 0 Å². The van der Waals surface area contributed by atoms with Gasteiger partial charge < -0.3 is 24.1 Å². The third kappa shape index (κ3) is 4.95. The highest BCUT2D eigenvalue weighted by Gasteiger charge is 2.44. The highest BCUT2D eigenvalue weighted by Crippen LogP contribution is 2.40. The van der Waals surface area contributed by atoms with Crippen molar-refractivity contribution in [2.75, 3.05) is 32.8 Å². The number of carbonyl (C=O) groups is 2. The normalized spacial score (nSPS) is 16.1. The zero-order valence-electron chi connectivity index (χ0n) is 20.5. The van der Waals surface area contributed by atoms with Crippen molar-refractivity contribution in [2.24, 2.45) is 0 Å². The Bertz CT molecular complexity index is 1190. The largest absolute Gasteiger partial charge is 0.503 e. The van der Waals surface area contributed by atoms with Gasteiger partial charge >= 0.3 is 0 Å². The molecule has 1 unspecified atom stereocenters. The second-order valence-corrected chi connectivity index (χ2v) is 8.59. The topological polar surface area (TPSA) is 83.2 Å². The molecule has 7 nitrogen and oxygen atoms in total. The number of hydrogen-bond donors (Lipinski definition) is 1. The van der Waals surface area contributed by atoms with E-state index in [2.05, 4.69) is 18.7 Å². The number of benzene rings is 2. The third-order valence-corrected chi connectivity index (χ3v) is 6.42. The standard InChI is InChI=1S/C28H32N2O5/c1-4-17-34-21-13-11-19(12-14-21)25-24(26(31)23-18-20-9-7-8-10-22(20)35-23)27(32)28(33)30(25)16-15-29(5-2)6-3/h7-14,18,25,32H,4-6,15-17H2,1-3H3. The number of aliphatic hydroxyl groups is 1. The Balaban J connectivity index is 1.71. The molecule has 1 N–H and O–H groups in total. The van der Waals surface area contributed by atoms with E-state index in [0.717, 1.165) is 30.5 Å². The second kappa shape index (κ2) is 10.8. The lowest BCUT2D eigenvalue weighted by atomic mass is 9.95. The Hall–Kier alpha value is -3.58. The summed E-state index contributed by atoms with van der Waals surface area (Å²) in [4.78, 5) is 30.6. The molecule has 0 bridgehead atoms. The van der Waals surface area contributed by atoms with Crippen LogP contribution in [-0.4, -0.2) is 59.4 Å². The summed E-state index contributed by atoms with van der Waals surface area (Å²) in [6.45, 7) is 9.46. The Morgan fingerprint density at radius 2 is 1.80 bits per heavy atom. The first kappa shape index (κ1) is 24.5. The molecule has 0 aliphatic carbocycles. The van der Waals surface area contributed by atoms with Gasteiger partial charge in [0.1, 0.15) is 11.3 Å². The van der Waals surface area contributed by atoms with E-state index in [-0.39, 0.29) is 11.3 Å². The van der Waals surface area contributed by atoms with Crippen LogP contribution in [0.25, 0.3) is 11.0 Å². The predicted molar refractivity (Wildman–Crippen MR) is 135 cm³/mol. The Morgan fingerprint density at radius 3 is 2.46 bits per heavy atom. The molecule has 2 heterocycles. The molecule has 184 valence electrons. The van der Waals surface area contributed by atoms with Crippen molar-refractivity contribution < 1.29 is 23.8 Å². The van der Waals surface area contributed by atoms with Gasteiger partial charge in [0.2, 0.25) is 5.78 Å². The number of aliphatic hydroxyl groups excluding tert-OH is 1. The molecule has 0 saturated heterocycles. The molecule has 0 fully saturated rings. The van der Waals surface area contributed by atoms with Crippen LogP contribution in [0.1, 0.15) is 49.4 Å². The Morgan fingerprint density at radius 1 is 1.09 bits per heavy atom. The first-order valence-electron chi connectivity index (χ1n) is 12.2. The fourth-order valence-electron chi connectivity index (χ4n) is 4.44. The zero-order chi connectivity index (χ0) is 24.9. The molecule has 7 heteroatoms. The number of ketones is 1. The average molecular weight is 477 g/mol. The number of likely N-dealkylation sites (N-methyl/N-ethyl adjacent to an activating group) is 1. The van der Waals surface area contributed by atoms with Crippen molar-refractivity contribution in [3.63, 3.8) is 0 Å². The minimum Gasteiger partial charge on any atom is -0.503 e. The Kier molecular flexibility index (Phi) is 7.56. The molecular formula is C28H32N2O5. The number of Topliss-reactive ketones (excluding diaryl/α,β-unsaturated/α-hetero) is 1. The van der Waals surface area contributed by atoms with Crippen molar-refractivity contribution in [3.8, 4) is 5.75 Å². The smallest absolute Gasteiger partial charge is 0.290 e. The minimum atomic E-state index is -0.723. The molecule has 0 spiro atoms. The van der Waals surface area contributed by atoms with Crippen molar-refractivity contribution in [2.45, 2.75) is 33.2 Å². The number of carbonyl (C=O) groups excluding carboxylic acids is 2. The summed E-state index contributed by atoms with van der Waals surface area (Å²) >= 11 is 0. The van der Waals surface area contributed by atoms with Gasteiger partial charge in [-0.15, -0.1) is 0 Å². The lowest BCUT2D eigenvalue weighted by molar-refractivity contribution is -0.129. The highest BCUT2D eigenvalue weighted by molar-refractivity contribution is 6.16. The highest BCUT2D eigenvalue weighted by atomic mass is 16.5. The summed E-state index contributed by atoms with van der Waals surface area (Å²) in [5.74, 6) is -0.750. The molecule has 2 aromatic carbocycles. The fourth-order valence-corrected chi connectivity index (χ4v) is 4.44. The summed E-state index contributed by atoms with van der Waals surface area (Å²) in [6, 6.07) is 15.6. The van der Waals surface area contributed by atoms with Crippen molar-refractivity contribution >= 4 is 22.7 Å². The number of rotatable bonds is 11. The molecule has 1 aliphatic heterocycles. The molecular weight excluding hydrogens is 444 g/mol. The van der Waals surface area contributed by atoms with E-state index < -0.39 is 23.5 Å². The van der Waals surface area contributed by atoms with Gasteiger partial charge in [0.05, 0.1) is 18.2 Å². The van der Waals surface area contributed by atoms with E-state index in [0.29, 0.717) is 31.0 Å². The van der Waals surface area contributed by atoms with Gasteiger partial charge in [0.15, 0.2) is 11.5 Å². The lowest BCUT2D eigenvalue weighted by Gasteiger charge is -2.29. The van der Waals surface area contributed by atoms with Crippen LogP contribution >= 0.6 is 0 Å². The maximum atomic E-state index is 13.6. The zero-order valence-corrected chi connectivity index (χ0v) is 20.5. The Labute approximate surface area is 205 Å². The molecule has 1 aromatic heterocycles. The maximum absolute atomic E-state index is 13.6. The molecule has 1 aliphatic rings.